The maximum Gasteiger partial charge on any atom is 0.0692 e. The van der Waals surface area contributed by atoms with Gasteiger partial charge in [0.15, 0.2) is 0 Å². The summed E-state index contributed by atoms with van der Waals surface area (Å²) in [4.78, 5) is 0. The quantitative estimate of drug-likeness (QED) is 0.598. The highest BCUT2D eigenvalue weighted by Gasteiger charge is 2.30. The molecule has 0 aliphatic carbocycles. The Hall–Kier alpha value is -0.120. The molecular weight excluding hydrogens is 154 g/mol. The Balaban J connectivity index is 0. The molecule has 0 bridgehead atoms. The van der Waals surface area contributed by atoms with Crippen LogP contribution >= 0.6 is 0 Å². The molecule has 1 unspecified atom stereocenters. The van der Waals surface area contributed by atoms with Crippen LogP contribution in [-0.4, -0.2) is 22.4 Å². The van der Waals surface area contributed by atoms with Crippen LogP contribution in [0.5, 0.6) is 0 Å². The van der Waals surface area contributed by atoms with E-state index < -0.39 is 5.60 Å². The fraction of sp³-hybridized carbons (Fsp3) is 1.00. The maximum absolute atomic E-state index is 9.93. The lowest BCUT2D eigenvalue weighted by atomic mass is 9.82. The zero-order chi connectivity index (χ0) is 8.91. The largest absolute Gasteiger partial charge is 0.396 e. The summed E-state index contributed by atoms with van der Waals surface area (Å²) in [5, 5.41) is 18.9. The lowest BCUT2D eigenvalue weighted by Crippen LogP contribution is -2.38. The van der Waals surface area contributed by atoms with Crippen LogP contribution in [0.1, 0.15) is 40.0 Å². The van der Waals surface area contributed by atoms with Gasteiger partial charge in [-0.1, -0.05) is 20.8 Å². The summed E-state index contributed by atoms with van der Waals surface area (Å²) in [6.45, 7) is 6.01. The van der Waals surface area contributed by atoms with Gasteiger partial charge in [0, 0.05) is 12.5 Å². The molecule has 0 aromatic heterocycles. The first-order chi connectivity index (χ1) is 5.14. The van der Waals surface area contributed by atoms with Crippen molar-refractivity contribution in [2.45, 2.75) is 45.6 Å². The molecule has 5 N–H and O–H groups in total. The zero-order valence-corrected chi connectivity index (χ0v) is 8.51. The third kappa shape index (κ3) is 3.09. The van der Waals surface area contributed by atoms with Gasteiger partial charge in [0.25, 0.3) is 0 Å². The summed E-state index contributed by atoms with van der Waals surface area (Å²) < 4.78 is 0. The Kier molecular flexibility index (Phi) is 7.69. The molecule has 1 atom stereocenters. The van der Waals surface area contributed by atoms with Crippen molar-refractivity contribution in [3.05, 3.63) is 0 Å². The van der Waals surface area contributed by atoms with E-state index in [2.05, 4.69) is 0 Å². The summed E-state index contributed by atoms with van der Waals surface area (Å²) in [5.41, 5.74) is -0.649. The number of hydrogen-bond acceptors (Lipinski definition) is 3. The van der Waals surface area contributed by atoms with Gasteiger partial charge in [-0.25, -0.2) is 0 Å². The van der Waals surface area contributed by atoms with Crippen molar-refractivity contribution in [3.63, 3.8) is 0 Å². The van der Waals surface area contributed by atoms with Crippen LogP contribution in [0.2, 0.25) is 0 Å². The molecule has 0 aliphatic heterocycles. The number of aliphatic hydroxyl groups is 2. The third-order valence-electron chi connectivity index (χ3n) is 2.70. The van der Waals surface area contributed by atoms with Crippen molar-refractivity contribution < 1.29 is 10.2 Å². The highest BCUT2D eigenvalue weighted by Crippen LogP contribution is 2.27. The minimum absolute atomic E-state index is 0. The van der Waals surface area contributed by atoms with Crippen LogP contribution in [0.15, 0.2) is 0 Å². The third-order valence-corrected chi connectivity index (χ3v) is 2.70. The Labute approximate surface area is 75.4 Å². The summed E-state index contributed by atoms with van der Waals surface area (Å²) >= 11 is 0. The summed E-state index contributed by atoms with van der Waals surface area (Å²) in [6, 6.07) is 0. The molecule has 0 heterocycles. The van der Waals surface area contributed by atoms with Gasteiger partial charge < -0.3 is 16.4 Å². The number of aliphatic hydroxyl groups excluding tert-OH is 1. The minimum Gasteiger partial charge on any atom is -0.396 e. The molecule has 3 heteroatoms. The molecule has 0 aliphatic rings. The van der Waals surface area contributed by atoms with Crippen molar-refractivity contribution in [3.8, 4) is 0 Å². The van der Waals surface area contributed by atoms with Crippen molar-refractivity contribution >= 4 is 0 Å². The average Bonchev–Trinajstić information content (AvgIpc) is 2.06. The Morgan fingerprint density at radius 1 is 1.17 bits per heavy atom. The molecule has 0 saturated heterocycles. The standard InChI is InChI=1S/C9H20O2.H3N/c1-4-8(7-10)9(11,5-2)6-3;/h8,10-11H,4-7H2,1-3H3;1H3. The van der Waals surface area contributed by atoms with E-state index in [0.717, 1.165) is 19.3 Å². The number of hydrogen-bond donors (Lipinski definition) is 3. The second-order valence-electron chi connectivity index (χ2n) is 3.10. The Morgan fingerprint density at radius 2 is 1.58 bits per heavy atom. The Bertz CT molecular complexity index is 98.7. The van der Waals surface area contributed by atoms with E-state index in [1.807, 2.05) is 20.8 Å². The van der Waals surface area contributed by atoms with Crippen LogP contribution in [0.3, 0.4) is 0 Å². The van der Waals surface area contributed by atoms with E-state index >= 15 is 0 Å². The van der Waals surface area contributed by atoms with Gasteiger partial charge in [0.2, 0.25) is 0 Å². The van der Waals surface area contributed by atoms with Gasteiger partial charge in [-0.2, -0.15) is 0 Å². The molecule has 0 rings (SSSR count). The van der Waals surface area contributed by atoms with Crippen LogP contribution in [0.4, 0.5) is 0 Å². The Morgan fingerprint density at radius 3 is 1.67 bits per heavy atom. The zero-order valence-electron chi connectivity index (χ0n) is 8.51. The average molecular weight is 177 g/mol. The van der Waals surface area contributed by atoms with E-state index in [0.29, 0.717) is 0 Å². The highest BCUT2D eigenvalue weighted by atomic mass is 16.3. The van der Waals surface area contributed by atoms with Gasteiger partial charge in [0.05, 0.1) is 5.60 Å². The van der Waals surface area contributed by atoms with Crippen LogP contribution in [0, 0.1) is 5.92 Å². The molecule has 0 aromatic carbocycles. The van der Waals surface area contributed by atoms with E-state index in [1.165, 1.54) is 0 Å². The van der Waals surface area contributed by atoms with E-state index in [4.69, 9.17) is 5.11 Å². The second-order valence-corrected chi connectivity index (χ2v) is 3.10. The summed E-state index contributed by atoms with van der Waals surface area (Å²) in [6.07, 6.45) is 2.29. The normalized spacial score (nSPS) is 13.8. The lowest BCUT2D eigenvalue weighted by Gasteiger charge is -2.32. The van der Waals surface area contributed by atoms with Gasteiger partial charge in [-0.05, 0) is 19.3 Å². The van der Waals surface area contributed by atoms with Crippen molar-refractivity contribution in [2.75, 3.05) is 6.61 Å². The summed E-state index contributed by atoms with van der Waals surface area (Å²) in [5.74, 6) is 0.0394. The van der Waals surface area contributed by atoms with E-state index in [-0.39, 0.29) is 18.7 Å². The molecule has 0 saturated carbocycles. The van der Waals surface area contributed by atoms with Gasteiger partial charge in [0.1, 0.15) is 0 Å². The smallest absolute Gasteiger partial charge is 0.0692 e. The molecular formula is C9H23NO2. The molecule has 76 valence electrons. The molecule has 0 radical (unpaired) electrons. The lowest BCUT2D eigenvalue weighted by molar-refractivity contribution is -0.0472. The first-order valence-electron chi connectivity index (χ1n) is 4.47. The van der Waals surface area contributed by atoms with Crippen molar-refractivity contribution in [2.24, 2.45) is 5.92 Å². The highest BCUT2D eigenvalue weighted by molar-refractivity contribution is 4.82. The van der Waals surface area contributed by atoms with Crippen molar-refractivity contribution in [1.82, 2.24) is 6.15 Å². The monoisotopic (exact) mass is 177 g/mol. The molecule has 0 amide bonds. The predicted octanol–water partition coefficient (Wildman–Crippen LogP) is 1.72. The van der Waals surface area contributed by atoms with E-state index in [1.54, 1.807) is 0 Å². The topological polar surface area (TPSA) is 75.5 Å². The first kappa shape index (κ1) is 14.4. The summed E-state index contributed by atoms with van der Waals surface area (Å²) in [7, 11) is 0. The molecule has 12 heavy (non-hydrogen) atoms. The second kappa shape index (κ2) is 6.40. The first-order valence-corrected chi connectivity index (χ1v) is 4.47. The minimum atomic E-state index is -0.649. The van der Waals surface area contributed by atoms with Crippen LogP contribution in [0.25, 0.3) is 0 Å². The molecule has 0 aromatic rings. The fourth-order valence-electron chi connectivity index (χ4n) is 1.51. The van der Waals surface area contributed by atoms with Gasteiger partial charge in [-0.3, -0.25) is 0 Å². The SMILES string of the molecule is CCC(CO)C(O)(CC)CC.N. The van der Waals surface area contributed by atoms with Crippen LogP contribution in [-0.2, 0) is 0 Å². The van der Waals surface area contributed by atoms with Crippen LogP contribution < -0.4 is 6.15 Å². The molecule has 3 nitrogen and oxygen atoms in total. The fourth-order valence-corrected chi connectivity index (χ4v) is 1.51. The maximum atomic E-state index is 9.93. The number of rotatable bonds is 5. The van der Waals surface area contributed by atoms with Gasteiger partial charge in [-0.15, -0.1) is 0 Å². The van der Waals surface area contributed by atoms with E-state index in [9.17, 15) is 5.11 Å². The van der Waals surface area contributed by atoms with Gasteiger partial charge >= 0.3 is 0 Å². The van der Waals surface area contributed by atoms with Crippen molar-refractivity contribution in [1.29, 1.82) is 0 Å². The molecule has 0 spiro atoms. The molecule has 0 fully saturated rings. The predicted molar refractivity (Wildman–Crippen MR) is 51.4 cm³/mol.